The molecule has 0 spiro atoms. The van der Waals surface area contributed by atoms with Gasteiger partial charge in [0.2, 0.25) is 0 Å². The Bertz CT molecular complexity index is 638. The van der Waals surface area contributed by atoms with E-state index in [-0.39, 0.29) is 11.4 Å². The highest BCUT2D eigenvalue weighted by atomic mass is 16.1. The van der Waals surface area contributed by atoms with Crippen LogP contribution in [0.4, 0.5) is 0 Å². The lowest BCUT2D eigenvalue weighted by Gasteiger charge is -2.35. The molecule has 1 aromatic heterocycles. The summed E-state index contributed by atoms with van der Waals surface area (Å²) in [6, 6.07) is 11.7. The van der Waals surface area contributed by atoms with Gasteiger partial charge in [-0.05, 0) is 76.2 Å². The third-order valence-electron chi connectivity index (χ3n) is 4.68. The van der Waals surface area contributed by atoms with E-state index in [0.29, 0.717) is 12.1 Å². The van der Waals surface area contributed by atoms with Gasteiger partial charge in [-0.25, -0.2) is 0 Å². The molecule has 0 atom stereocenters. The lowest BCUT2D eigenvalue weighted by molar-refractivity contribution is 0.0902. The van der Waals surface area contributed by atoms with Crippen LogP contribution in [0.15, 0.2) is 48.8 Å². The van der Waals surface area contributed by atoms with Crippen molar-refractivity contribution in [2.24, 2.45) is 0 Å². The van der Waals surface area contributed by atoms with Crippen molar-refractivity contribution in [2.75, 3.05) is 19.6 Å². The molecule has 0 bridgehead atoms. The van der Waals surface area contributed by atoms with E-state index >= 15 is 0 Å². The summed E-state index contributed by atoms with van der Waals surface area (Å²) in [7, 11) is 0. The molecule has 0 unspecified atom stereocenters. The molecule has 1 fully saturated rings. The molecule has 0 aliphatic carbocycles. The Morgan fingerprint density at radius 3 is 2.30 bits per heavy atom. The van der Waals surface area contributed by atoms with Crippen molar-refractivity contribution < 1.29 is 4.79 Å². The third-order valence-corrected chi connectivity index (χ3v) is 4.68. The predicted octanol–water partition coefficient (Wildman–Crippen LogP) is 3.08. The van der Waals surface area contributed by atoms with Gasteiger partial charge >= 0.3 is 0 Å². The lowest BCUT2D eigenvalue weighted by Crippen LogP contribution is -2.50. The highest BCUT2D eigenvalue weighted by Gasteiger charge is 2.29. The van der Waals surface area contributed by atoms with Crippen LogP contribution in [0.2, 0.25) is 0 Å². The van der Waals surface area contributed by atoms with E-state index in [4.69, 9.17) is 0 Å². The van der Waals surface area contributed by atoms with Crippen molar-refractivity contribution in [3.05, 3.63) is 54.4 Å². The van der Waals surface area contributed by atoms with Crippen molar-refractivity contribution in [1.29, 1.82) is 0 Å². The molecule has 2 heterocycles. The maximum atomic E-state index is 12.4. The largest absolute Gasteiger partial charge is 0.350 e. The summed E-state index contributed by atoms with van der Waals surface area (Å²) in [6.07, 6.45) is 6.51. The average molecular weight is 311 g/mol. The summed E-state index contributed by atoms with van der Waals surface area (Å²) >= 11 is 0. The van der Waals surface area contributed by atoms with Crippen molar-refractivity contribution >= 4 is 5.91 Å². The van der Waals surface area contributed by atoms with Crippen LogP contribution < -0.4 is 5.32 Å². The Morgan fingerprint density at radius 1 is 1.09 bits per heavy atom. The molecule has 0 saturated carbocycles. The first-order valence-electron chi connectivity index (χ1n) is 8.33. The average Bonchev–Trinajstić information content (AvgIpc) is 3.26. The van der Waals surface area contributed by atoms with Crippen molar-refractivity contribution in [3.63, 3.8) is 0 Å². The Kier molecular flexibility index (Phi) is 4.53. The zero-order valence-corrected chi connectivity index (χ0v) is 14.0. The molecule has 122 valence electrons. The molecule has 0 radical (unpaired) electrons. The fourth-order valence-electron chi connectivity index (χ4n) is 3.12. The second-order valence-corrected chi connectivity index (χ2v) is 6.83. The minimum absolute atomic E-state index is 0.00340. The number of likely N-dealkylation sites (tertiary alicyclic amines) is 1. The fraction of sp³-hybridized carbons (Fsp3) is 0.421. The fourth-order valence-corrected chi connectivity index (χ4v) is 3.12. The first-order valence-corrected chi connectivity index (χ1v) is 8.33. The minimum Gasteiger partial charge on any atom is -0.350 e. The van der Waals surface area contributed by atoms with Gasteiger partial charge in [-0.1, -0.05) is 0 Å². The van der Waals surface area contributed by atoms with E-state index in [9.17, 15) is 4.79 Å². The number of aromatic nitrogens is 1. The molecule has 1 saturated heterocycles. The molecule has 1 amide bonds. The number of hydrogen-bond acceptors (Lipinski definition) is 2. The summed E-state index contributed by atoms with van der Waals surface area (Å²) in [4.78, 5) is 14.8. The molecular formula is C19H25N3O. The molecule has 1 aromatic carbocycles. The van der Waals surface area contributed by atoms with Gasteiger partial charge in [0.25, 0.3) is 5.91 Å². The molecule has 1 aliphatic rings. The summed E-state index contributed by atoms with van der Waals surface area (Å²) in [5.74, 6) is -0.00340. The first kappa shape index (κ1) is 15.8. The molecule has 2 aromatic rings. The number of carbonyl (C=O) groups is 1. The topological polar surface area (TPSA) is 37.3 Å². The van der Waals surface area contributed by atoms with Crippen LogP contribution in [0.1, 0.15) is 37.0 Å². The maximum Gasteiger partial charge on any atom is 0.251 e. The number of amides is 1. The van der Waals surface area contributed by atoms with E-state index in [0.717, 1.165) is 18.8 Å². The number of rotatable bonds is 5. The number of carbonyl (C=O) groups excluding carboxylic acids is 1. The van der Waals surface area contributed by atoms with Gasteiger partial charge in [0.1, 0.15) is 0 Å². The van der Waals surface area contributed by atoms with E-state index in [1.54, 1.807) is 0 Å². The van der Waals surface area contributed by atoms with E-state index in [1.807, 2.05) is 53.4 Å². The standard InChI is InChI=1S/C19H25N3O/c1-19(2,22-13-5-6-14-22)15-20-18(23)16-7-9-17(10-8-16)21-11-3-4-12-21/h3-4,7-12H,5-6,13-15H2,1-2H3,(H,20,23). The molecule has 4 nitrogen and oxygen atoms in total. The van der Waals surface area contributed by atoms with Gasteiger partial charge in [0, 0.05) is 35.7 Å². The van der Waals surface area contributed by atoms with Crippen LogP contribution >= 0.6 is 0 Å². The Morgan fingerprint density at radius 2 is 1.70 bits per heavy atom. The molecule has 4 heteroatoms. The van der Waals surface area contributed by atoms with E-state index in [1.165, 1.54) is 12.8 Å². The van der Waals surface area contributed by atoms with Gasteiger partial charge in [-0.15, -0.1) is 0 Å². The smallest absolute Gasteiger partial charge is 0.251 e. The monoisotopic (exact) mass is 311 g/mol. The van der Waals surface area contributed by atoms with Gasteiger partial charge in [-0.2, -0.15) is 0 Å². The predicted molar refractivity (Wildman–Crippen MR) is 93.0 cm³/mol. The Hall–Kier alpha value is -2.07. The normalized spacial score (nSPS) is 15.7. The second-order valence-electron chi connectivity index (χ2n) is 6.83. The van der Waals surface area contributed by atoms with Gasteiger partial charge < -0.3 is 9.88 Å². The van der Waals surface area contributed by atoms with Gasteiger partial charge in [-0.3, -0.25) is 9.69 Å². The zero-order chi connectivity index (χ0) is 16.3. The number of benzene rings is 1. The quantitative estimate of drug-likeness (QED) is 0.921. The molecule has 3 rings (SSSR count). The van der Waals surface area contributed by atoms with Crippen LogP contribution in [0.3, 0.4) is 0 Å². The van der Waals surface area contributed by atoms with E-state index < -0.39 is 0 Å². The van der Waals surface area contributed by atoms with Crippen LogP contribution in [0.5, 0.6) is 0 Å². The highest BCUT2D eigenvalue weighted by molar-refractivity contribution is 5.94. The second kappa shape index (κ2) is 6.59. The first-order chi connectivity index (χ1) is 11.1. The Balaban J connectivity index is 1.60. The number of hydrogen-bond donors (Lipinski definition) is 1. The number of nitrogens with one attached hydrogen (secondary N) is 1. The van der Waals surface area contributed by atoms with Gasteiger partial charge in [0.15, 0.2) is 0 Å². The lowest BCUT2D eigenvalue weighted by atomic mass is 10.0. The van der Waals surface area contributed by atoms with Crippen LogP contribution in [-0.2, 0) is 0 Å². The van der Waals surface area contributed by atoms with Crippen LogP contribution in [-0.4, -0.2) is 40.5 Å². The SMILES string of the molecule is CC(C)(CNC(=O)c1ccc(-n2cccc2)cc1)N1CCCC1. The molecule has 1 aliphatic heterocycles. The molecule has 23 heavy (non-hydrogen) atoms. The zero-order valence-electron chi connectivity index (χ0n) is 14.0. The molecule has 1 N–H and O–H groups in total. The maximum absolute atomic E-state index is 12.4. The summed E-state index contributed by atoms with van der Waals surface area (Å²) in [5.41, 5.74) is 1.78. The van der Waals surface area contributed by atoms with Crippen molar-refractivity contribution in [1.82, 2.24) is 14.8 Å². The minimum atomic E-state index is -0.00340. The molecular weight excluding hydrogens is 286 g/mol. The van der Waals surface area contributed by atoms with Crippen LogP contribution in [0.25, 0.3) is 5.69 Å². The third kappa shape index (κ3) is 3.64. The van der Waals surface area contributed by atoms with Crippen molar-refractivity contribution in [2.45, 2.75) is 32.2 Å². The summed E-state index contributed by atoms with van der Waals surface area (Å²) in [6.45, 7) is 7.34. The summed E-state index contributed by atoms with van der Waals surface area (Å²) < 4.78 is 2.03. The van der Waals surface area contributed by atoms with Gasteiger partial charge in [0.05, 0.1) is 0 Å². The van der Waals surface area contributed by atoms with E-state index in [2.05, 4.69) is 24.1 Å². The van der Waals surface area contributed by atoms with Crippen molar-refractivity contribution in [3.8, 4) is 5.69 Å². The summed E-state index contributed by atoms with van der Waals surface area (Å²) in [5, 5.41) is 3.08. The van der Waals surface area contributed by atoms with Crippen LogP contribution in [0, 0.1) is 0 Å². The highest BCUT2D eigenvalue weighted by Crippen LogP contribution is 2.20. The Labute approximate surface area is 138 Å². The number of nitrogens with zero attached hydrogens (tertiary/aromatic N) is 2.